The van der Waals surface area contributed by atoms with Gasteiger partial charge in [0.1, 0.15) is 0 Å². The van der Waals surface area contributed by atoms with Gasteiger partial charge in [0, 0.05) is 10.9 Å². The number of ether oxygens (including phenoxy) is 1. The van der Waals surface area contributed by atoms with E-state index in [1.165, 1.54) is 4.68 Å². The van der Waals surface area contributed by atoms with Crippen LogP contribution in [0.2, 0.25) is 0 Å². The molecule has 0 aliphatic rings. The lowest BCUT2D eigenvalue weighted by Crippen LogP contribution is -2.30. The quantitative estimate of drug-likeness (QED) is 0.465. The molecule has 3 rings (SSSR count). The number of carbonyl (C=O) groups is 2. The standard InChI is InChI=1S/C24H26N2O4/c1-13(2)26-23(28)19-10-8-7-9-18(19)21(25-26)24(29)30-17(6)22(27)20-12-15(4)14(3)11-16(20)5/h7-13,17H,1-6H3. The summed E-state index contributed by atoms with van der Waals surface area (Å²) in [6.07, 6.45) is -0.988. The van der Waals surface area contributed by atoms with Gasteiger partial charge in [-0.05, 0) is 70.4 Å². The molecule has 1 heterocycles. The number of ketones is 1. The zero-order chi connectivity index (χ0) is 22.2. The van der Waals surface area contributed by atoms with Gasteiger partial charge < -0.3 is 4.74 Å². The maximum Gasteiger partial charge on any atom is 0.360 e. The summed E-state index contributed by atoms with van der Waals surface area (Å²) in [7, 11) is 0. The Morgan fingerprint density at radius 1 is 0.933 bits per heavy atom. The van der Waals surface area contributed by atoms with Crippen molar-refractivity contribution >= 4 is 22.5 Å². The second-order valence-electron chi connectivity index (χ2n) is 7.90. The van der Waals surface area contributed by atoms with Crippen LogP contribution in [0, 0.1) is 20.8 Å². The fraction of sp³-hybridized carbons (Fsp3) is 0.333. The Morgan fingerprint density at radius 2 is 1.53 bits per heavy atom. The number of rotatable bonds is 5. The molecule has 0 spiro atoms. The summed E-state index contributed by atoms with van der Waals surface area (Å²) >= 11 is 0. The van der Waals surface area contributed by atoms with E-state index in [0.717, 1.165) is 16.7 Å². The minimum absolute atomic E-state index is 0.0235. The molecule has 30 heavy (non-hydrogen) atoms. The van der Waals surface area contributed by atoms with Gasteiger partial charge in [-0.3, -0.25) is 9.59 Å². The second-order valence-corrected chi connectivity index (χ2v) is 7.90. The van der Waals surface area contributed by atoms with Gasteiger partial charge in [-0.2, -0.15) is 5.10 Å². The van der Waals surface area contributed by atoms with Gasteiger partial charge in [0.05, 0.1) is 11.4 Å². The first-order valence-corrected chi connectivity index (χ1v) is 9.96. The highest BCUT2D eigenvalue weighted by molar-refractivity contribution is 6.05. The second kappa shape index (κ2) is 8.22. The van der Waals surface area contributed by atoms with Crippen LogP contribution in [-0.4, -0.2) is 27.6 Å². The first-order valence-electron chi connectivity index (χ1n) is 9.96. The molecule has 0 radical (unpaired) electrons. The largest absolute Gasteiger partial charge is 0.449 e. The SMILES string of the molecule is Cc1cc(C)c(C(=O)C(C)OC(=O)c2nn(C(C)C)c(=O)c3ccccc23)cc1C. The van der Waals surface area contributed by atoms with Crippen LogP contribution in [0.1, 0.15) is 64.3 Å². The van der Waals surface area contributed by atoms with E-state index in [-0.39, 0.29) is 23.1 Å². The molecule has 2 aromatic carbocycles. The van der Waals surface area contributed by atoms with Crippen molar-refractivity contribution < 1.29 is 14.3 Å². The van der Waals surface area contributed by atoms with Crippen molar-refractivity contribution in [2.24, 2.45) is 0 Å². The maximum absolute atomic E-state index is 12.9. The van der Waals surface area contributed by atoms with Crippen molar-refractivity contribution in [2.45, 2.75) is 53.7 Å². The molecule has 6 heteroatoms. The van der Waals surface area contributed by atoms with Crippen molar-refractivity contribution in [1.82, 2.24) is 9.78 Å². The van der Waals surface area contributed by atoms with E-state index in [2.05, 4.69) is 5.10 Å². The smallest absolute Gasteiger partial charge is 0.360 e. The average molecular weight is 406 g/mol. The number of aryl methyl sites for hydroxylation is 3. The van der Waals surface area contributed by atoms with Crippen LogP contribution >= 0.6 is 0 Å². The van der Waals surface area contributed by atoms with Crippen LogP contribution in [0.15, 0.2) is 41.2 Å². The molecule has 1 atom stereocenters. The highest BCUT2D eigenvalue weighted by Gasteiger charge is 2.25. The first-order chi connectivity index (χ1) is 14.1. The third kappa shape index (κ3) is 3.90. The number of esters is 1. The molecule has 1 aromatic heterocycles. The lowest BCUT2D eigenvalue weighted by atomic mass is 9.96. The average Bonchev–Trinajstić information content (AvgIpc) is 2.70. The molecule has 0 aliphatic heterocycles. The minimum atomic E-state index is -0.988. The van der Waals surface area contributed by atoms with Crippen LogP contribution in [0.4, 0.5) is 0 Å². The van der Waals surface area contributed by atoms with E-state index in [1.807, 2.05) is 46.8 Å². The van der Waals surface area contributed by atoms with Gasteiger partial charge in [-0.25, -0.2) is 9.48 Å². The molecule has 0 saturated heterocycles. The minimum Gasteiger partial charge on any atom is -0.449 e. The molecular formula is C24H26N2O4. The van der Waals surface area contributed by atoms with Crippen LogP contribution in [0.25, 0.3) is 10.8 Å². The fourth-order valence-corrected chi connectivity index (χ4v) is 3.42. The molecule has 6 nitrogen and oxygen atoms in total. The molecule has 0 fully saturated rings. The summed E-state index contributed by atoms with van der Waals surface area (Å²) in [5, 5.41) is 5.04. The Bertz CT molecular complexity index is 1210. The number of carbonyl (C=O) groups excluding carboxylic acids is 2. The van der Waals surface area contributed by atoms with Gasteiger partial charge in [-0.15, -0.1) is 0 Å². The molecule has 156 valence electrons. The summed E-state index contributed by atoms with van der Waals surface area (Å²) in [6, 6.07) is 10.3. The molecule has 3 aromatic rings. The Kier molecular flexibility index (Phi) is 5.87. The predicted octanol–water partition coefficient (Wildman–Crippen LogP) is 4.33. The molecule has 0 saturated carbocycles. The number of fused-ring (bicyclic) bond motifs is 1. The van der Waals surface area contributed by atoms with Crippen LogP contribution in [0.3, 0.4) is 0 Å². The van der Waals surface area contributed by atoms with Crippen molar-refractivity contribution in [2.75, 3.05) is 0 Å². The molecule has 0 amide bonds. The molecule has 0 N–H and O–H groups in total. The lowest BCUT2D eigenvalue weighted by molar-refractivity contribution is 0.0312. The van der Waals surface area contributed by atoms with Gasteiger partial charge >= 0.3 is 5.97 Å². The molecule has 1 unspecified atom stereocenters. The monoisotopic (exact) mass is 406 g/mol. The summed E-state index contributed by atoms with van der Waals surface area (Å²) < 4.78 is 6.76. The first kappa shape index (κ1) is 21.4. The zero-order valence-electron chi connectivity index (χ0n) is 18.1. The third-order valence-electron chi connectivity index (χ3n) is 5.27. The third-order valence-corrected chi connectivity index (χ3v) is 5.27. The highest BCUT2D eigenvalue weighted by atomic mass is 16.5. The van der Waals surface area contributed by atoms with Crippen LogP contribution < -0.4 is 5.56 Å². The Labute approximate surface area is 175 Å². The van der Waals surface area contributed by atoms with E-state index in [4.69, 9.17) is 4.74 Å². The van der Waals surface area contributed by atoms with Crippen molar-refractivity contribution in [3.63, 3.8) is 0 Å². The van der Waals surface area contributed by atoms with E-state index in [1.54, 1.807) is 31.2 Å². The van der Waals surface area contributed by atoms with Gasteiger partial charge in [0.25, 0.3) is 5.56 Å². The Hall–Kier alpha value is -3.28. The van der Waals surface area contributed by atoms with Crippen molar-refractivity contribution in [3.8, 4) is 0 Å². The van der Waals surface area contributed by atoms with Crippen molar-refractivity contribution in [3.05, 3.63) is 74.7 Å². The maximum atomic E-state index is 12.9. The number of hydrogen-bond donors (Lipinski definition) is 0. The Morgan fingerprint density at radius 3 is 2.17 bits per heavy atom. The number of hydrogen-bond acceptors (Lipinski definition) is 5. The van der Waals surface area contributed by atoms with Crippen molar-refractivity contribution in [1.29, 1.82) is 0 Å². The van der Waals surface area contributed by atoms with Gasteiger partial charge in [-0.1, -0.05) is 24.3 Å². The van der Waals surface area contributed by atoms with Crippen LogP contribution in [-0.2, 0) is 4.74 Å². The van der Waals surface area contributed by atoms with E-state index in [0.29, 0.717) is 16.3 Å². The highest BCUT2D eigenvalue weighted by Crippen LogP contribution is 2.20. The summed E-state index contributed by atoms with van der Waals surface area (Å²) in [5.41, 5.74) is 3.22. The summed E-state index contributed by atoms with van der Waals surface area (Å²) in [6.45, 7) is 11.0. The zero-order valence-corrected chi connectivity index (χ0v) is 18.1. The number of aromatic nitrogens is 2. The number of benzene rings is 2. The normalized spacial score (nSPS) is 12.2. The van der Waals surface area contributed by atoms with Gasteiger partial charge in [0.2, 0.25) is 5.78 Å². The fourth-order valence-electron chi connectivity index (χ4n) is 3.42. The summed E-state index contributed by atoms with van der Waals surface area (Å²) in [5.74, 6) is -1.01. The molecular weight excluding hydrogens is 380 g/mol. The van der Waals surface area contributed by atoms with E-state index >= 15 is 0 Å². The van der Waals surface area contributed by atoms with Crippen LogP contribution in [0.5, 0.6) is 0 Å². The Balaban J connectivity index is 1.97. The number of nitrogens with zero attached hydrogens (tertiary/aromatic N) is 2. The summed E-state index contributed by atoms with van der Waals surface area (Å²) in [4.78, 5) is 38.5. The molecule has 0 aliphatic carbocycles. The topological polar surface area (TPSA) is 78.3 Å². The molecule has 0 bridgehead atoms. The predicted molar refractivity (Wildman–Crippen MR) is 116 cm³/mol. The van der Waals surface area contributed by atoms with E-state index < -0.39 is 12.1 Å². The number of Topliss-reactive ketones (excluding diaryl/α,β-unsaturated/α-hetero) is 1. The lowest BCUT2D eigenvalue weighted by Gasteiger charge is -2.17. The van der Waals surface area contributed by atoms with Gasteiger partial charge in [0.15, 0.2) is 11.8 Å². The van der Waals surface area contributed by atoms with E-state index in [9.17, 15) is 14.4 Å².